The van der Waals surface area contributed by atoms with E-state index in [9.17, 15) is 0 Å². The molecule has 0 saturated heterocycles. The Balaban J connectivity index is 1.58. The number of aromatic nitrogens is 1. The predicted molar refractivity (Wildman–Crippen MR) is 93.9 cm³/mol. The SMILES string of the molecule is CCSC1CCCC1NCc1nc(-c2ccccc2)cs1. The zero-order chi connectivity index (χ0) is 14.5. The van der Waals surface area contributed by atoms with Gasteiger partial charge in [-0.15, -0.1) is 11.3 Å². The molecule has 1 aromatic heterocycles. The first-order chi connectivity index (χ1) is 10.4. The largest absolute Gasteiger partial charge is 0.307 e. The number of thiazole rings is 1. The Morgan fingerprint density at radius 3 is 2.95 bits per heavy atom. The molecule has 1 heterocycles. The van der Waals surface area contributed by atoms with E-state index < -0.39 is 0 Å². The maximum atomic E-state index is 4.76. The lowest BCUT2D eigenvalue weighted by Gasteiger charge is -2.19. The zero-order valence-corrected chi connectivity index (χ0v) is 14.1. The molecule has 2 atom stereocenters. The molecule has 1 aliphatic rings. The summed E-state index contributed by atoms with van der Waals surface area (Å²) >= 11 is 3.87. The summed E-state index contributed by atoms with van der Waals surface area (Å²) in [6, 6.07) is 11.1. The van der Waals surface area contributed by atoms with E-state index in [0.29, 0.717) is 6.04 Å². The first-order valence-electron chi connectivity index (χ1n) is 7.71. The molecule has 4 heteroatoms. The molecular weight excluding hydrogens is 296 g/mol. The average Bonchev–Trinajstić information content (AvgIpc) is 3.16. The van der Waals surface area contributed by atoms with Crippen LogP contribution in [0.15, 0.2) is 35.7 Å². The molecule has 21 heavy (non-hydrogen) atoms. The number of hydrogen-bond donors (Lipinski definition) is 1. The van der Waals surface area contributed by atoms with Crippen LogP contribution in [0.5, 0.6) is 0 Å². The number of benzene rings is 1. The fraction of sp³-hybridized carbons (Fsp3) is 0.471. The van der Waals surface area contributed by atoms with E-state index in [-0.39, 0.29) is 0 Å². The highest BCUT2D eigenvalue weighted by molar-refractivity contribution is 7.99. The van der Waals surface area contributed by atoms with E-state index in [0.717, 1.165) is 17.5 Å². The molecule has 1 aliphatic carbocycles. The Kier molecular flexibility index (Phi) is 5.33. The van der Waals surface area contributed by atoms with E-state index >= 15 is 0 Å². The van der Waals surface area contributed by atoms with Crippen LogP contribution in [-0.2, 0) is 6.54 Å². The molecule has 0 spiro atoms. The minimum Gasteiger partial charge on any atom is -0.307 e. The number of hydrogen-bond acceptors (Lipinski definition) is 4. The molecule has 0 bridgehead atoms. The average molecular weight is 319 g/mol. The fourth-order valence-electron chi connectivity index (χ4n) is 2.93. The predicted octanol–water partition coefficient (Wildman–Crippen LogP) is 4.57. The normalized spacial score (nSPS) is 21.8. The van der Waals surface area contributed by atoms with Crippen molar-refractivity contribution in [3.63, 3.8) is 0 Å². The van der Waals surface area contributed by atoms with Crippen molar-refractivity contribution in [2.24, 2.45) is 0 Å². The third-order valence-electron chi connectivity index (χ3n) is 3.97. The molecule has 0 amide bonds. The van der Waals surface area contributed by atoms with Gasteiger partial charge in [-0.2, -0.15) is 11.8 Å². The van der Waals surface area contributed by atoms with Crippen molar-refractivity contribution in [3.05, 3.63) is 40.7 Å². The molecule has 1 N–H and O–H groups in total. The van der Waals surface area contributed by atoms with Crippen molar-refractivity contribution in [1.29, 1.82) is 0 Å². The van der Waals surface area contributed by atoms with Crippen LogP contribution < -0.4 is 5.32 Å². The maximum absolute atomic E-state index is 4.76. The molecule has 1 fully saturated rings. The summed E-state index contributed by atoms with van der Waals surface area (Å²) in [6.45, 7) is 3.16. The van der Waals surface area contributed by atoms with Crippen molar-refractivity contribution in [3.8, 4) is 11.3 Å². The second kappa shape index (κ2) is 7.43. The first kappa shape index (κ1) is 15.1. The van der Waals surface area contributed by atoms with Crippen LogP contribution in [0.25, 0.3) is 11.3 Å². The van der Waals surface area contributed by atoms with Gasteiger partial charge in [0.1, 0.15) is 5.01 Å². The highest BCUT2D eigenvalue weighted by Gasteiger charge is 2.26. The van der Waals surface area contributed by atoms with Crippen LogP contribution in [0.3, 0.4) is 0 Å². The van der Waals surface area contributed by atoms with Crippen LogP contribution in [0.2, 0.25) is 0 Å². The van der Waals surface area contributed by atoms with Gasteiger partial charge < -0.3 is 5.32 Å². The quantitative estimate of drug-likeness (QED) is 0.844. The summed E-state index contributed by atoms with van der Waals surface area (Å²) in [5.41, 5.74) is 2.31. The molecule has 0 radical (unpaired) electrons. The van der Waals surface area contributed by atoms with Crippen molar-refractivity contribution < 1.29 is 0 Å². The van der Waals surface area contributed by atoms with E-state index in [1.54, 1.807) is 11.3 Å². The number of rotatable bonds is 6. The molecule has 1 saturated carbocycles. The second-order valence-corrected chi connectivity index (χ2v) is 7.86. The zero-order valence-electron chi connectivity index (χ0n) is 12.4. The van der Waals surface area contributed by atoms with Gasteiger partial charge in [0, 0.05) is 28.8 Å². The molecule has 3 rings (SSSR count). The van der Waals surface area contributed by atoms with Gasteiger partial charge in [-0.05, 0) is 18.6 Å². The lowest BCUT2D eigenvalue weighted by atomic mass is 10.2. The number of nitrogens with one attached hydrogen (secondary N) is 1. The summed E-state index contributed by atoms with van der Waals surface area (Å²) in [6.07, 6.45) is 4.04. The van der Waals surface area contributed by atoms with Gasteiger partial charge in [0.25, 0.3) is 0 Å². The smallest absolute Gasteiger partial charge is 0.107 e. The Morgan fingerprint density at radius 2 is 2.14 bits per heavy atom. The summed E-state index contributed by atoms with van der Waals surface area (Å²) < 4.78 is 0. The Labute approximate surface area is 135 Å². The van der Waals surface area contributed by atoms with E-state index in [2.05, 4.69) is 53.6 Å². The van der Waals surface area contributed by atoms with Crippen molar-refractivity contribution in [1.82, 2.24) is 10.3 Å². The topological polar surface area (TPSA) is 24.9 Å². The summed E-state index contributed by atoms with van der Waals surface area (Å²) in [5, 5.41) is 7.88. The highest BCUT2D eigenvalue weighted by Crippen LogP contribution is 2.30. The third-order valence-corrected chi connectivity index (χ3v) is 6.14. The number of nitrogens with zero attached hydrogens (tertiary/aromatic N) is 1. The molecular formula is C17H22N2S2. The van der Waals surface area contributed by atoms with Crippen LogP contribution in [-0.4, -0.2) is 22.0 Å². The standard InChI is InChI=1S/C17H22N2S2/c1-2-20-16-10-6-9-14(16)18-11-17-19-15(12-21-17)13-7-4-3-5-8-13/h3-5,7-8,12,14,16,18H,2,6,9-11H2,1H3. The lowest BCUT2D eigenvalue weighted by Crippen LogP contribution is -2.33. The molecule has 2 aromatic rings. The summed E-state index contributed by atoms with van der Waals surface area (Å²) in [7, 11) is 0. The van der Waals surface area contributed by atoms with Crippen LogP contribution >= 0.6 is 23.1 Å². The van der Waals surface area contributed by atoms with Gasteiger partial charge in [0.05, 0.1) is 5.69 Å². The monoisotopic (exact) mass is 318 g/mol. The Hall–Kier alpha value is -0.840. The van der Waals surface area contributed by atoms with Gasteiger partial charge in [-0.25, -0.2) is 4.98 Å². The highest BCUT2D eigenvalue weighted by atomic mass is 32.2. The van der Waals surface area contributed by atoms with Gasteiger partial charge in [-0.1, -0.05) is 43.7 Å². The van der Waals surface area contributed by atoms with Crippen molar-refractivity contribution in [2.75, 3.05) is 5.75 Å². The van der Waals surface area contributed by atoms with Gasteiger partial charge in [0.15, 0.2) is 0 Å². The molecule has 0 aliphatic heterocycles. The van der Waals surface area contributed by atoms with E-state index in [1.165, 1.54) is 35.6 Å². The lowest BCUT2D eigenvalue weighted by molar-refractivity contribution is 0.531. The van der Waals surface area contributed by atoms with Crippen molar-refractivity contribution in [2.45, 2.75) is 44.0 Å². The molecule has 2 nitrogen and oxygen atoms in total. The maximum Gasteiger partial charge on any atom is 0.107 e. The second-order valence-electron chi connectivity index (χ2n) is 5.40. The number of thioether (sulfide) groups is 1. The van der Waals surface area contributed by atoms with Crippen LogP contribution in [0.4, 0.5) is 0 Å². The van der Waals surface area contributed by atoms with Gasteiger partial charge >= 0.3 is 0 Å². The van der Waals surface area contributed by atoms with Crippen molar-refractivity contribution >= 4 is 23.1 Å². The Bertz CT molecular complexity index is 553. The van der Waals surface area contributed by atoms with Crippen LogP contribution in [0.1, 0.15) is 31.2 Å². The van der Waals surface area contributed by atoms with Gasteiger partial charge in [-0.3, -0.25) is 0 Å². The summed E-state index contributed by atoms with van der Waals surface area (Å²) in [5.74, 6) is 1.22. The first-order valence-corrected chi connectivity index (χ1v) is 9.64. The third kappa shape index (κ3) is 3.87. The fourth-order valence-corrected chi connectivity index (χ4v) is 4.91. The Morgan fingerprint density at radius 1 is 1.29 bits per heavy atom. The summed E-state index contributed by atoms with van der Waals surface area (Å²) in [4.78, 5) is 4.76. The van der Waals surface area contributed by atoms with Crippen LogP contribution in [0, 0.1) is 0 Å². The minimum atomic E-state index is 0.666. The van der Waals surface area contributed by atoms with E-state index in [1.807, 2.05) is 6.07 Å². The molecule has 1 aromatic carbocycles. The minimum absolute atomic E-state index is 0.666. The van der Waals surface area contributed by atoms with Gasteiger partial charge in [0.2, 0.25) is 0 Å². The molecule has 112 valence electrons. The molecule has 2 unspecified atom stereocenters. The van der Waals surface area contributed by atoms with E-state index in [4.69, 9.17) is 4.98 Å².